The molecule has 8 nitrogen and oxygen atoms in total. The third-order valence-electron chi connectivity index (χ3n) is 6.49. The van der Waals surface area contributed by atoms with Gasteiger partial charge in [0.15, 0.2) is 0 Å². The zero-order valence-corrected chi connectivity index (χ0v) is 22.5. The van der Waals surface area contributed by atoms with Gasteiger partial charge in [0.2, 0.25) is 11.8 Å². The van der Waals surface area contributed by atoms with Crippen LogP contribution in [0, 0.1) is 5.92 Å². The van der Waals surface area contributed by atoms with Crippen LogP contribution in [-0.4, -0.2) is 55.0 Å². The van der Waals surface area contributed by atoms with Crippen LogP contribution in [0.5, 0.6) is 0 Å². The van der Waals surface area contributed by atoms with Crippen molar-refractivity contribution in [3.63, 3.8) is 0 Å². The summed E-state index contributed by atoms with van der Waals surface area (Å²) in [5.74, 6) is -0.550. The highest BCUT2D eigenvalue weighted by Crippen LogP contribution is 2.28. The number of nitrogens with one attached hydrogen (secondary N) is 2. The molecule has 0 saturated carbocycles. The Kier molecular flexibility index (Phi) is 8.53. The number of benzene rings is 1. The Morgan fingerprint density at radius 1 is 1.03 bits per heavy atom. The summed E-state index contributed by atoms with van der Waals surface area (Å²) in [6, 6.07) is 7.02. The lowest BCUT2D eigenvalue weighted by molar-refractivity contribution is -0.142. The quantitative estimate of drug-likeness (QED) is 0.310. The van der Waals surface area contributed by atoms with Crippen molar-refractivity contribution in [1.29, 1.82) is 0 Å². The lowest BCUT2D eigenvalue weighted by Gasteiger charge is -2.32. The molecule has 0 radical (unpaired) electrons. The van der Waals surface area contributed by atoms with Gasteiger partial charge in [-0.3, -0.25) is 19.2 Å². The maximum atomic E-state index is 13.7. The van der Waals surface area contributed by atoms with Gasteiger partial charge in [0.25, 0.3) is 5.91 Å². The maximum absolute atomic E-state index is 13.7. The van der Waals surface area contributed by atoms with Gasteiger partial charge in [0.1, 0.15) is 18.1 Å². The fraction of sp³-hybridized carbons (Fsp3) is 0.440. The molecule has 2 fully saturated rings. The number of rotatable bonds is 4. The molecule has 0 bridgehead atoms. The van der Waals surface area contributed by atoms with Crippen LogP contribution in [-0.2, 0) is 20.8 Å². The number of hydrogen-bond donors (Lipinski definition) is 2. The van der Waals surface area contributed by atoms with Gasteiger partial charge in [-0.1, -0.05) is 55.5 Å². The second kappa shape index (κ2) is 11.6. The molecule has 2 N–H and O–H groups in total. The monoisotopic (exact) mass is 608 g/mol. The first-order valence-corrected chi connectivity index (χ1v) is 13.6. The van der Waals surface area contributed by atoms with Gasteiger partial charge in [0.05, 0.1) is 34.8 Å². The molecule has 4 amide bonds. The minimum Gasteiger partial charge on any atom is -0.342 e. The Hall–Kier alpha value is -2.34. The summed E-state index contributed by atoms with van der Waals surface area (Å²) in [6.07, 6.45) is 8.90. The number of carbonyl (C=O) groups is 4. The predicted octanol–water partition coefficient (Wildman–Crippen LogP) is 3.54. The Labute approximate surface area is 223 Å². The van der Waals surface area contributed by atoms with Crippen LogP contribution in [0.2, 0.25) is 0 Å². The first-order chi connectivity index (χ1) is 16.8. The molecule has 3 aliphatic rings. The van der Waals surface area contributed by atoms with Gasteiger partial charge in [-0.25, -0.2) is 2.52 Å². The molecule has 1 aromatic carbocycles. The number of fused-ring (bicyclic) bond motifs is 1. The minimum atomic E-state index is -0.891. The summed E-state index contributed by atoms with van der Waals surface area (Å²) in [4.78, 5) is 54.6. The van der Waals surface area contributed by atoms with Crippen LogP contribution in [0.1, 0.15) is 38.2 Å². The SMILES string of the molecule is CC1C=CC(C[C@H]2NC(=O)[C@H](Cc3ccccc3)NC(=O)SN(I)C(=O)[C@@H]3CCCN3C2=O)=CC1. The zero-order chi connectivity index (χ0) is 24.9. The lowest BCUT2D eigenvalue weighted by Crippen LogP contribution is -2.57. The van der Waals surface area contributed by atoms with Crippen LogP contribution in [0.3, 0.4) is 0 Å². The molecule has 2 saturated heterocycles. The van der Waals surface area contributed by atoms with E-state index >= 15 is 0 Å². The number of amides is 4. The average molecular weight is 609 g/mol. The predicted molar refractivity (Wildman–Crippen MR) is 143 cm³/mol. The summed E-state index contributed by atoms with van der Waals surface area (Å²) in [6.45, 7) is 2.57. The molecule has 10 heteroatoms. The van der Waals surface area contributed by atoms with Crippen LogP contribution in [0.15, 0.2) is 54.1 Å². The smallest absolute Gasteiger partial charge is 0.301 e. The number of allylic oxidation sites excluding steroid dienone is 3. The van der Waals surface area contributed by atoms with E-state index in [-0.39, 0.29) is 18.2 Å². The van der Waals surface area contributed by atoms with Gasteiger partial charge in [0, 0.05) is 19.4 Å². The van der Waals surface area contributed by atoms with E-state index in [0.717, 1.165) is 17.6 Å². The molecule has 1 unspecified atom stereocenters. The Balaban J connectivity index is 1.64. The number of nitrogens with zero attached hydrogens (tertiary/aromatic N) is 2. The van der Waals surface area contributed by atoms with Crippen LogP contribution in [0.4, 0.5) is 4.79 Å². The number of halogens is 1. The van der Waals surface area contributed by atoms with Crippen LogP contribution < -0.4 is 10.6 Å². The van der Waals surface area contributed by atoms with E-state index in [4.69, 9.17) is 0 Å². The first kappa shape index (κ1) is 25.7. The topological polar surface area (TPSA) is 98.8 Å². The van der Waals surface area contributed by atoms with E-state index in [1.807, 2.05) is 36.4 Å². The summed E-state index contributed by atoms with van der Waals surface area (Å²) in [5, 5.41) is 5.17. The highest BCUT2D eigenvalue weighted by atomic mass is 127. The molecule has 2 heterocycles. The molecule has 0 aromatic heterocycles. The molecule has 186 valence electrons. The molecule has 1 aliphatic carbocycles. The van der Waals surface area contributed by atoms with Gasteiger partial charge in [-0.2, -0.15) is 0 Å². The first-order valence-electron chi connectivity index (χ1n) is 11.8. The van der Waals surface area contributed by atoms with Crippen molar-refractivity contribution in [2.24, 2.45) is 5.92 Å². The minimum absolute atomic E-state index is 0.262. The van der Waals surface area contributed by atoms with E-state index in [9.17, 15) is 19.2 Å². The van der Waals surface area contributed by atoms with Crippen molar-refractivity contribution < 1.29 is 19.2 Å². The molecule has 0 spiro atoms. The van der Waals surface area contributed by atoms with Crippen molar-refractivity contribution in [3.05, 3.63) is 59.7 Å². The van der Waals surface area contributed by atoms with Gasteiger partial charge in [-0.15, -0.1) is 0 Å². The fourth-order valence-electron chi connectivity index (χ4n) is 4.58. The normalized spacial score (nSPS) is 28.0. The Morgan fingerprint density at radius 3 is 2.51 bits per heavy atom. The van der Waals surface area contributed by atoms with E-state index in [1.54, 1.807) is 27.8 Å². The maximum Gasteiger partial charge on any atom is 0.301 e. The van der Waals surface area contributed by atoms with E-state index in [0.29, 0.717) is 43.7 Å². The Morgan fingerprint density at radius 2 is 1.80 bits per heavy atom. The number of carbonyl (C=O) groups excluding carboxylic acids is 4. The second-order valence-corrected chi connectivity index (χ2v) is 11.7. The molecule has 35 heavy (non-hydrogen) atoms. The zero-order valence-electron chi connectivity index (χ0n) is 19.5. The second-order valence-electron chi connectivity index (χ2n) is 9.15. The van der Waals surface area contributed by atoms with Gasteiger partial charge < -0.3 is 15.5 Å². The van der Waals surface area contributed by atoms with E-state index < -0.39 is 29.3 Å². The van der Waals surface area contributed by atoms with Crippen molar-refractivity contribution >= 4 is 57.8 Å². The third-order valence-corrected chi connectivity index (χ3v) is 8.18. The van der Waals surface area contributed by atoms with Gasteiger partial charge >= 0.3 is 5.24 Å². The highest BCUT2D eigenvalue weighted by Gasteiger charge is 2.41. The van der Waals surface area contributed by atoms with Crippen LogP contribution >= 0.6 is 34.8 Å². The summed E-state index contributed by atoms with van der Waals surface area (Å²) >= 11 is 2.49. The average Bonchev–Trinajstić information content (AvgIpc) is 3.33. The molecule has 1 aromatic rings. The molecule has 2 aliphatic heterocycles. The molecular weight excluding hydrogens is 579 g/mol. The largest absolute Gasteiger partial charge is 0.342 e. The third kappa shape index (κ3) is 6.46. The van der Waals surface area contributed by atoms with Crippen molar-refractivity contribution in [3.8, 4) is 0 Å². The van der Waals surface area contributed by atoms with Crippen molar-refractivity contribution in [2.45, 2.75) is 57.2 Å². The van der Waals surface area contributed by atoms with Crippen molar-refractivity contribution in [1.82, 2.24) is 18.1 Å². The number of hydrogen-bond acceptors (Lipinski definition) is 5. The molecular formula is C25H29IN4O4S. The molecule has 4 atom stereocenters. The Bertz CT molecular complexity index is 1050. The van der Waals surface area contributed by atoms with Crippen molar-refractivity contribution in [2.75, 3.05) is 6.54 Å². The van der Waals surface area contributed by atoms with Gasteiger partial charge in [-0.05, 0) is 36.3 Å². The standard InChI is InChI=1S/C25H29IN4O4S/c1-16-9-11-18(12-10-16)15-20-23(32)29-13-5-8-21(29)24(33)30(26)35-25(34)28-19(22(31)27-20)14-17-6-3-2-4-7-17/h2-4,6-7,9,11-12,16,19-21H,5,8,10,13-15H2,1H3,(H,27,31)(H,28,34)/t16?,19-,20+,21-/m0/s1. The summed E-state index contributed by atoms with van der Waals surface area (Å²) in [7, 11) is 0. The summed E-state index contributed by atoms with van der Waals surface area (Å²) < 4.78 is 1.24. The lowest BCUT2D eigenvalue weighted by atomic mass is 9.94. The van der Waals surface area contributed by atoms with E-state index in [2.05, 4.69) is 29.7 Å². The molecule has 4 rings (SSSR count). The fourth-order valence-corrected chi connectivity index (χ4v) is 5.99. The summed E-state index contributed by atoms with van der Waals surface area (Å²) in [5.41, 5.74) is 1.85. The highest BCUT2D eigenvalue weighted by molar-refractivity contribution is 14.1. The van der Waals surface area contributed by atoms with Crippen LogP contribution in [0.25, 0.3) is 0 Å². The van der Waals surface area contributed by atoms with E-state index in [1.165, 1.54) is 2.52 Å².